The minimum absolute atomic E-state index is 0. The first-order valence-corrected chi connectivity index (χ1v) is 5.37. The summed E-state index contributed by atoms with van der Waals surface area (Å²) >= 11 is 5.81. The van der Waals surface area contributed by atoms with E-state index in [-0.39, 0.29) is 24.9 Å². The molecule has 0 aromatic heterocycles. The van der Waals surface area contributed by atoms with E-state index in [1.54, 1.807) is 13.1 Å². The van der Waals surface area contributed by atoms with Gasteiger partial charge in [0.2, 0.25) is 5.91 Å². The first-order chi connectivity index (χ1) is 7.65. The summed E-state index contributed by atoms with van der Waals surface area (Å²) in [5.41, 5.74) is 0.321. The fraction of sp³-hybridized carbons (Fsp3) is 0.364. The molecule has 0 heterocycles. The van der Waals surface area contributed by atoms with Crippen LogP contribution in [0.15, 0.2) is 18.2 Å². The van der Waals surface area contributed by atoms with Crippen molar-refractivity contribution < 1.29 is 9.18 Å². The second-order valence-corrected chi connectivity index (χ2v) is 3.74. The highest BCUT2D eigenvalue weighted by molar-refractivity contribution is 6.31. The van der Waals surface area contributed by atoms with E-state index in [0.29, 0.717) is 23.6 Å². The Kier molecular flexibility index (Phi) is 7.87. The van der Waals surface area contributed by atoms with E-state index in [0.717, 1.165) is 0 Å². The maximum atomic E-state index is 13.3. The lowest BCUT2D eigenvalue weighted by Gasteiger charge is -2.07. The van der Waals surface area contributed by atoms with Crippen molar-refractivity contribution in [3.8, 4) is 0 Å². The van der Waals surface area contributed by atoms with Crippen molar-refractivity contribution in [2.24, 2.45) is 0 Å². The summed E-state index contributed by atoms with van der Waals surface area (Å²) in [7, 11) is 1.76. The van der Waals surface area contributed by atoms with Gasteiger partial charge in [0.15, 0.2) is 0 Å². The van der Waals surface area contributed by atoms with Crippen molar-refractivity contribution in [2.45, 2.75) is 13.0 Å². The van der Waals surface area contributed by atoms with Gasteiger partial charge in [0.25, 0.3) is 0 Å². The molecular formula is C11H15Cl2FN2O. The second-order valence-electron chi connectivity index (χ2n) is 3.33. The lowest BCUT2D eigenvalue weighted by atomic mass is 10.2. The predicted molar refractivity (Wildman–Crippen MR) is 69.0 cm³/mol. The molecule has 0 radical (unpaired) electrons. The zero-order valence-electron chi connectivity index (χ0n) is 9.43. The smallest absolute Gasteiger partial charge is 0.221 e. The van der Waals surface area contributed by atoms with Crippen LogP contribution in [0.25, 0.3) is 0 Å². The summed E-state index contributed by atoms with van der Waals surface area (Å²) in [5.74, 6) is -0.532. The van der Waals surface area contributed by atoms with Gasteiger partial charge in [-0.1, -0.05) is 17.7 Å². The topological polar surface area (TPSA) is 41.1 Å². The average Bonchev–Trinajstić information content (AvgIpc) is 2.25. The summed E-state index contributed by atoms with van der Waals surface area (Å²) in [4.78, 5) is 11.3. The summed E-state index contributed by atoms with van der Waals surface area (Å²) in [5, 5.41) is 5.80. The van der Waals surface area contributed by atoms with Crippen LogP contribution < -0.4 is 10.6 Å². The highest BCUT2D eigenvalue weighted by Gasteiger charge is 2.08. The second kappa shape index (κ2) is 8.28. The van der Waals surface area contributed by atoms with Crippen molar-refractivity contribution in [3.63, 3.8) is 0 Å². The zero-order chi connectivity index (χ0) is 12.0. The first kappa shape index (κ1) is 16.2. The minimum atomic E-state index is -0.401. The van der Waals surface area contributed by atoms with Crippen LogP contribution in [0.1, 0.15) is 12.0 Å². The third kappa shape index (κ3) is 5.35. The van der Waals surface area contributed by atoms with Crippen LogP contribution in [0.4, 0.5) is 4.39 Å². The molecular weight excluding hydrogens is 266 g/mol. The lowest BCUT2D eigenvalue weighted by molar-refractivity contribution is -0.121. The molecule has 1 rings (SSSR count). The molecule has 0 aliphatic carbocycles. The van der Waals surface area contributed by atoms with Gasteiger partial charge in [0, 0.05) is 30.1 Å². The van der Waals surface area contributed by atoms with Gasteiger partial charge in [-0.25, -0.2) is 4.39 Å². The number of amides is 1. The molecule has 2 N–H and O–H groups in total. The number of carbonyl (C=O) groups excluding carboxylic acids is 1. The van der Waals surface area contributed by atoms with Crippen LogP contribution in [0.3, 0.4) is 0 Å². The van der Waals surface area contributed by atoms with E-state index in [1.165, 1.54) is 12.1 Å². The number of halogens is 3. The third-order valence-corrected chi connectivity index (χ3v) is 2.48. The molecule has 0 unspecified atom stereocenters. The van der Waals surface area contributed by atoms with Crippen LogP contribution in [0.2, 0.25) is 5.02 Å². The Morgan fingerprint density at radius 2 is 2.18 bits per heavy atom. The quantitative estimate of drug-likeness (QED) is 0.868. The van der Waals surface area contributed by atoms with Crippen molar-refractivity contribution in [1.82, 2.24) is 10.6 Å². The largest absolute Gasteiger partial charge is 0.352 e. The lowest BCUT2D eigenvalue weighted by Crippen LogP contribution is -2.26. The number of benzene rings is 1. The van der Waals surface area contributed by atoms with Gasteiger partial charge in [-0.05, 0) is 19.2 Å². The molecule has 0 saturated carbocycles. The van der Waals surface area contributed by atoms with Gasteiger partial charge in [0.05, 0.1) is 0 Å². The minimum Gasteiger partial charge on any atom is -0.352 e. The fourth-order valence-corrected chi connectivity index (χ4v) is 1.44. The van der Waals surface area contributed by atoms with Gasteiger partial charge in [-0.2, -0.15) is 0 Å². The van der Waals surface area contributed by atoms with Crippen LogP contribution in [0.5, 0.6) is 0 Å². The number of hydrogen-bond acceptors (Lipinski definition) is 2. The molecule has 17 heavy (non-hydrogen) atoms. The maximum Gasteiger partial charge on any atom is 0.221 e. The molecule has 0 bridgehead atoms. The Labute approximate surface area is 111 Å². The van der Waals surface area contributed by atoms with E-state index >= 15 is 0 Å². The SMILES string of the molecule is CNCCC(=O)NCc1c(F)cccc1Cl.Cl. The van der Waals surface area contributed by atoms with Gasteiger partial charge in [-0.15, -0.1) is 12.4 Å². The van der Waals surface area contributed by atoms with Gasteiger partial charge in [0.1, 0.15) is 5.82 Å². The molecule has 1 aromatic rings. The molecule has 0 spiro atoms. The van der Waals surface area contributed by atoms with E-state index in [2.05, 4.69) is 10.6 Å². The Bertz CT molecular complexity index is 354. The van der Waals surface area contributed by atoms with Gasteiger partial charge < -0.3 is 10.6 Å². The molecule has 1 aromatic carbocycles. The summed E-state index contributed by atoms with van der Waals surface area (Å²) in [6.07, 6.45) is 0.364. The van der Waals surface area contributed by atoms with Crippen LogP contribution in [0, 0.1) is 5.82 Å². The summed E-state index contributed by atoms with van der Waals surface area (Å²) in [6.45, 7) is 0.713. The van der Waals surface area contributed by atoms with E-state index < -0.39 is 5.82 Å². The molecule has 0 aliphatic heterocycles. The molecule has 96 valence electrons. The van der Waals surface area contributed by atoms with Gasteiger partial charge >= 0.3 is 0 Å². The Morgan fingerprint density at radius 1 is 1.47 bits per heavy atom. The highest BCUT2D eigenvalue weighted by Crippen LogP contribution is 2.18. The molecule has 3 nitrogen and oxygen atoms in total. The summed E-state index contributed by atoms with van der Waals surface area (Å²) < 4.78 is 13.3. The standard InChI is InChI=1S/C11H14ClFN2O.ClH/c1-14-6-5-11(16)15-7-8-9(12)3-2-4-10(8)13;/h2-4,14H,5-7H2,1H3,(H,15,16);1H. The molecule has 0 aliphatic rings. The van der Waals surface area contributed by atoms with Crippen LogP contribution in [-0.2, 0) is 11.3 Å². The molecule has 1 amide bonds. The molecule has 0 saturated heterocycles. The third-order valence-electron chi connectivity index (χ3n) is 2.13. The van der Waals surface area contributed by atoms with Crippen LogP contribution >= 0.6 is 24.0 Å². The van der Waals surface area contributed by atoms with Crippen molar-refractivity contribution in [1.29, 1.82) is 0 Å². The van der Waals surface area contributed by atoms with E-state index in [1.807, 2.05) is 0 Å². The summed E-state index contributed by atoms with van der Waals surface area (Å²) in [6, 6.07) is 4.45. The normalized spacial score (nSPS) is 9.59. The number of carbonyl (C=O) groups is 1. The van der Waals surface area contributed by atoms with Crippen molar-refractivity contribution >= 4 is 29.9 Å². The van der Waals surface area contributed by atoms with Crippen molar-refractivity contribution in [2.75, 3.05) is 13.6 Å². The maximum absolute atomic E-state index is 13.3. The molecule has 0 atom stereocenters. The zero-order valence-corrected chi connectivity index (χ0v) is 11.0. The molecule has 6 heteroatoms. The first-order valence-electron chi connectivity index (χ1n) is 4.99. The van der Waals surface area contributed by atoms with E-state index in [4.69, 9.17) is 11.6 Å². The van der Waals surface area contributed by atoms with Gasteiger partial charge in [-0.3, -0.25) is 4.79 Å². The molecule has 0 fully saturated rings. The Balaban J connectivity index is 0.00000256. The number of rotatable bonds is 5. The number of hydrogen-bond donors (Lipinski definition) is 2. The predicted octanol–water partition coefficient (Wildman–Crippen LogP) is 2.13. The number of nitrogens with one attached hydrogen (secondary N) is 2. The highest BCUT2D eigenvalue weighted by atomic mass is 35.5. The Hall–Kier alpha value is -0.840. The van der Waals surface area contributed by atoms with Crippen molar-refractivity contribution in [3.05, 3.63) is 34.6 Å². The fourth-order valence-electron chi connectivity index (χ4n) is 1.22. The monoisotopic (exact) mass is 280 g/mol. The average molecular weight is 281 g/mol. The van der Waals surface area contributed by atoms with Crippen LogP contribution in [-0.4, -0.2) is 19.5 Å². The van der Waals surface area contributed by atoms with E-state index in [9.17, 15) is 9.18 Å². The Morgan fingerprint density at radius 3 is 2.76 bits per heavy atom.